The van der Waals surface area contributed by atoms with Crippen LogP contribution in [-0.2, 0) is 49.9 Å². The Balaban J connectivity index is 5.66. The van der Waals surface area contributed by atoms with Crippen LogP contribution in [0.25, 0.3) is 0 Å². The smallest absolute Gasteiger partial charge is 0.306 e. The van der Waals surface area contributed by atoms with Crippen molar-refractivity contribution >= 4 is 56.6 Å². The molecule has 0 radical (unpaired) electrons. The summed E-state index contributed by atoms with van der Waals surface area (Å²) in [6.45, 7) is 6.47. The summed E-state index contributed by atoms with van der Waals surface area (Å²) in [6.07, 6.45) is 34.8. The van der Waals surface area contributed by atoms with Crippen LogP contribution < -0.4 is 16.0 Å². The van der Waals surface area contributed by atoms with Crippen LogP contribution in [0.5, 0.6) is 0 Å². The standard InChI is InChI=1S/C53H103N3O11S3/c1-4-7-10-13-16-19-20-21-22-25-26-29-32-35-48(57)42-47(53(60)56-50(43-54-38-40-69(61)62)55-39-41-70(63,64)65)45-68-46-49(67-52(59)37-34-31-28-24-18-15-12-9-6-3)44-66-51(58)36-33-30-27-23-17-14-11-8-5-2/h47,49-50,54-55H,4-46H2,1-3H3,(H,56,60)(H,61,62)(H,63,64,65)/p-1. The highest BCUT2D eigenvalue weighted by Gasteiger charge is 2.26. The average molecular weight is 1050 g/mol. The molecule has 70 heavy (non-hydrogen) atoms. The summed E-state index contributed by atoms with van der Waals surface area (Å²) in [5, 5.41) is 8.68. The first-order chi connectivity index (χ1) is 33.8. The molecule has 0 aliphatic rings. The molecule has 0 heterocycles. The molecular formula is C53H102N3O11S3-. The number of hydrogen-bond donors (Lipinski definition) is 4. The number of unbranched alkanes of at least 4 members (excludes halogenated alkanes) is 28. The van der Waals surface area contributed by atoms with E-state index in [4.69, 9.17) is 9.47 Å². The first-order valence-electron chi connectivity index (χ1n) is 28.0. The van der Waals surface area contributed by atoms with E-state index in [2.05, 4.69) is 36.7 Å². The molecule has 0 aromatic heterocycles. The van der Waals surface area contributed by atoms with Gasteiger partial charge in [-0.05, 0) is 19.3 Å². The summed E-state index contributed by atoms with van der Waals surface area (Å²) in [5.41, 5.74) is 0. The van der Waals surface area contributed by atoms with Crippen LogP contribution in [0.1, 0.15) is 245 Å². The molecule has 0 aromatic carbocycles. The van der Waals surface area contributed by atoms with E-state index in [1.54, 1.807) is 0 Å². The van der Waals surface area contributed by atoms with Crippen molar-refractivity contribution in [3.63, 3.8) is 0 Å². The van der Waals surface area contributed by atoms with E-state index in [1.165, 1.54) is 134 Å². The van der Waals surface area contributed by atoms with Crippen LogP contribution in [0.2, 0.25) is 0 Å². The molecule has 0 rings (SSSR count). The lowest BCUT2D eigenvalue weighted by atomic mass is 9.99. The summed E-state index contributed by atoms with van der Waals surface area (Å²) >= 11 is -0.957. The Morgan fingerprint density at radius 1 is 0.600 bits per heavy atom. The summed E-state index contributed by atoms with van der Waals surface area (Å²) in [7, 11) is -4.30. The van der Waals surface area contributed by atoms with Gasteiger partial charge in [0.05, 0.1) is 17.8 Å². The number of thioether (sulfide) groups is 1. The summed E-state index contributed by atoms with van der Waals surface area (Å²) in [6, 6.07) is 0. The van der Waals surface area contributed by atoms with Crippen LogP contribution >= 0.6 is 11.8 Å². The largest absolute Gasteiger partial charge is 0.772 e. The second kappa shape index (κ2) is 49.6. The van der Waals surface area contributed by atoms with Gasteiger partial charge in [0.25, 0.3) is 10.1 Å². The van der Waals surface area contributed by atoms with Crippen LogP contribution in [0.15, 0.2) is 0 Å². The highest BCUT2D eigenvalue weighted by molar-refractivity contribution is 7.99. The number of Topliss-reactive ketones (excluding diaryl/α,β-unsaturated/α-hetero) is 1. The number of nitrogens with one attached hydrogen (secondary N) is 3. The van der Waals surface area contributed by atoms with Gasteiger partial charge in [-0.3, -0.25) is 33.3 Å². The minimum Gasteiger partial charge on any atom is -0.772 e. The van der Waals surface area contributed by atoms with Gasteiger partial charge in [-0.2, -0.15) is 20.2 Å². The van der Waals surface area contributed by atoms with Gasteiger partial charge >= 0.3 is 11.9 Å². The van der Waals surface area contributed by atoms with Gasteiger partial charge in [0.2, 0.25) is 5.91 Å². The zero-order chi connectivity index (χ0) is 51.8. The third-order valence-corrected chi connectivity index (χ3v) is 15.1. The highest BCUT2D eigenvalue weighted by atomic mass is 32.2. The van der Waals surface area contributed by atoms with E-state index in [-0.39, 0.29) is 80.5 Å². The van der Waals surface area contributed by atoms with Gasteiger partial charge in [-0.1, -0.05) is 212 Å². The minimum atomic E-state index is -4.30. The minimum absolute atomic E-state index is 0.0335. The maximum absolute atomic E-state index is 14.0. The normalized spacial score (nSPS) is 13.4. The van der Waals surface area contributed by atoms with Gasteiger partial charge < -0.3 is 24.7 Å². The van der Waals surface area contributed by atoms with Crippen molar-refractivity contribution in [2.24, 2.45) is 5.92 Å². The van der Waals surface area contributed by atoms with E-state index < -0.39 is 51.0 Å². The predicted molar refractivity (Wildman–Crippen MR) is 288 cm³/mol. The van der Waals surface area contributed by atoms with E-state index in [1.807, 2.05) is 0 Å². The SMILES string of the molecule is CCCCCCCCCCCCCCCC(=O)CC(CSCC(COC(=O)CCCCCCCCCCC)OC(=O)CCCCCCCCCCC)C(=O)NC(CNCCS(=O)[O-])NCCS(=O)(=O)O. The summed E-state index contributed by atoms with van der Waals surface area (Å²) < 4.78 is 65.9. The number of amides is 1. The van der Waals surface area contributed by atoms with E-state index >= 15 is 0 Å². The second-order valence-electron chi connectivity index (χ2n) is 19.4. The molecule has 17 heteroatoms. The van der Waals surface area contributed by atoms with Crippen LogP contribution in [0.3, 0.4) is 0 Å². The first-order valence-corrected chi connectivity index (χ1v) is 32.0. The van der Waals surface area contributed by atoms with Crippen LogP contribution in [-0.4, -0.2) is 107 Å². The third kappa shape index (κ3) is 48.6. The first kappa shape index (κ1) is 68.4. The van der Waals surface area contributed by atoms with Crippen molar-refractivity contribution in [3.8, 4) is 0 Å². The quantitative estimate of drug-likeness (QED) is 0.0147. The lowest BCUT2D eigenvalue weighted by molar-refractivity contribution is -0.157. The molecular weight excluding hydrogens is 951 g/mol. The van der Waals surface area contributed by atoms with Gasteiger partial charge in [0.1, 0.15) is 18.5 Å². The molecule has 0 saturated carbocycles. The summed E-state index contributed by atoms with van der Waals surface area (Å²) in [4.78, 5) is 53.4. The average Bonchev–Trinajstić information content (AvgIpc) is 3.31. The molecule has 4 N–H and O–H groups in total. The molecule has 0 aromatic rings. The Bertz CT molecular complexity index is 1410. The Morgan fingerprint density at radius 2 is 1.03 bits per heavy atom. The predicted octanol–water partition coefficient (Wildman–Crippen LogP) is 11.5. The van der Waals surface area contributed by atoms with Gasteiger partial charge in [-0.15, -0.1) is 0 Å². The highest BCUT2D eigenvalue weighted by Crippen LogP contribution is 2.20. The number of esters is 2. The van der Waals surface area contributed by atoms with Crippen molar-refractivity contribution < 1.29 is 50.4 Å². The molecule has 0 aliphatic carbocycles. The molecule has 414 valence electrons. The van der Waals surface area contributed by atoms with E-state index in [0.717, 1.165) is 70.6 Å². The Kier molecular flexibility index (Phi) is 48.4. The third-order valence-electron chi connectivity index (χ3n) is 12.6. The second-order valence-corrected chi connectivity index (χ2v) is 23.1. The number of ketones is 1. The lowest BCUT2D eigenvalue weighted by Gasteiger charge is -2.24. The van der Waals surface area contributed by atoms with Crippen LogP contribution in [0.4, 0.5) is 0 Å². The summed E-state index contributed by atoms with van der Waals surface area (Å²) in [5.74, 6) is -2.37. The number of carbonyl (C=O) groups excluding carboxylic acids is 4. The maximum Gasteiger partial charge on any atom is 0.306 e. The number of hydrogen-bond acceptors (Lipinski definition) is 13. The van der Waals surface area contributed by atoms with E-state index in [0.29, 0.717) is 12.8 Å². The molecule has 0 bridgehead atoms. The molecule has 0 fully saturated rings. The molecule has 0 aliphatic heterocycles. The Hall–Kier alpha value is -1.63. The van der Waals surface area contributed by atoms with E-state index in [9.17, 15) is 40.9 Å². The fourth-order valence-electron chi connectivity index (χ4n) is 8.29. The fourth-order valence-corrected chi connectivity index (χ4v) is 10.1. The van der Waals surface area contributed by atoms with Crippen molar-refractivity contribution in [1.29, 1.82) is 0 Å². The molecule has 4 unspecified atom stereocenters. The molecule has 0 spiro atoms. The number of carbonyl (C=O) groups is 4. The topological polar surface area (TPSA) is 217 Å². The van der Waals surface area contributed by atoms with Crippen molar-refractivity contribution in [1.82, 2.24) is 16.0 Å². The van der Waals surface area contributed by atoms with Crippen molar-refractivity contribution in [2.45, 2.75) is 258 Å². The molecule has 14 nitrogen and oxygen atoms in total. The van der Waals surface area contributed by atoms with Crippen molar-refractivity contribution in [3.05, 3.63) is 0 Å². The van der Waals surface area contributed by atoms with Gasteiger partial charge in [0.15, 0.2) is 0 Å². The van der Waals surface area contributed by atoms with Gasteiger partial charge in [0, 0.05) is 62.6 Å². The van der Waals surface area contributed by atoms with Gasteiger partial charge in [-0.25, -0.2) is 0 Å². The number of ether oxygens (including phenoxy) is 2. The maximum atomic E-state index is 14.0. The lowest BCUT2D eigenvalue weighted by Crippen LogP contribution is -2.54. The zero-order valence-electron chi connectivity index (χ0n) is 44.4. The Morgan fingerprint density at radius 3 is 1.47 bits per heavy atom. The molecule has 0 saturated heterocycles. The van der Waals surface area contributed by atoms with Crippen LogP contribution in [0, 0.1) is 5.92 Å². The molecule has 1 amide bonds. The monoisotopic (exact) mass is 1050 g/mol. The number of rotatable bonds is 54. The zero-order valence-corrected chi connectivity index (χ0v) is 46.8. The Labute approximate surface area is 433 Å². The van der Waals surface area contributed by atoms with Crippen molar-refractivity contribution in [2.75, 3.05) is 49.3 Å². The molecule has 4 atom stereocenters. The fraction of sp³-hybridized carbons (Fsp3) is 0.925.